The van der Waals surface area contributed by atoms with Gasteiger partial charge in [0.05, 0.1) is 78.1 Å². The van der Waals surface area contributed by atoms with Gasteiger partial charge in [-0.3, -0.25) is 14.2 Å². The number of nitrogen functional groups attached to an aromatic ring is 1. The molecule has 0 aliphatic carbocycles. The Kier molecular flexibility index (Phi) is 57.0. The van der Waals surface area contributed by atoms with E-state index >= 15 is 0 Å². The van der Waals surface area contributed by atoms with Crippen LogP contribution in [0.3, 0.4) is 0 Å². The van der Waals surface area contributed by atoms with Crippen LogP contribution < -0.4 is 51.7 Å². The largest absolute Gasteiger partial charge is 1.00 e. The van der Waals surface area contributed by atoms with E-state index in [1.54, 1.807) is 51.1 Å². The predicted octanol–water partition coefficient (Wildman–Crippen LogP) is 16.4. The van der Waals surface area contributed by atoms with E-state index in [-0.39, 0.29) is 150 Å². The monoisotopic (exact) mass is 1800 g/mol. The number of aliphatic hydroxyl groups is 1. The molecule has 1 aliphatic rings. The van der Waals surface area contributed by atoms with Gasteiger partial charge in [-0.1, -0.05) is 174 Å². The summed E-state index contributed by atoms with van der Waals surface area (Å²) in [6, 6.07) is 11.4. The zero-order valence-electron chi connectivity index (χ0n) is 49.4. The predicted molar refractivity (Wildman–Crippen MR) is 392 cm³/mol. The van der Waals surface area contributed by atoms with Crippen molar-refractivity contribution in [2.24, 2.45) is 0 Å². The number of benzene rings is 2. The molecule has 0 saturated carbocycles. The summed E-state index contributed by atoms with van der Waals surface area (Å²) in [6.07, 6.45) is 8.15. The number of ether oxygens (including phenoxy) is 4. The maximum absolute atomic E-state index is 11.3. The molecule has 8 rings (SSSR count). The van der Waals surface area contributed by atoms with Crippen LogP contribution in [0, 0.1) is 0 Å². The first-order valence-corrected chi connectivity index (χ1v) is 35.1. The third-order valence-corrected chi connectivity index (χ3v) is 14.9. The third kappa shape index (κ3) is 38.7. The summed E-state index contributed by atoms with van der Waals surface area (Å²) in [4.78, 5) is 92.1. The molecular weight excluding hydrogens is 1760 g/mol. The molecule has 5 aromatic heterocycles. The van der Waals surface area contributed by atoms with Gasteiger partial charge in [0, 0.05) is 66.3 Å². The fourth-order valence-electron chi connectivity index (χ4n) is 5.57. The summed E-state index contributed by atoms with van der Waals surface area (Å²) in [6.45, 7) is 7.63. The molecule has 0 bridgehead atoms. The van der Waals surface area contributed by atoms with Gasteiger partial charge in [-0.25, -0.2) is 38.9 Å². The van der Waals surface area contributed by atoms with Crippen molar-refractivity contribution in [2.45, 2.75) is 48.5 Å². The molecule has 0 unspecified atom stereocenters. The number of anilines is 3. The van der Waals surface area contributed by atoms with Crippen LogP contribution in [0.5, 0.6) is 11.5 Å². The van der Waals surface area contributed by atoms with Crippen LogP contribution in [0.4, 0.5) is 17.1 Å². The van der Waals surface area contributed by atoms with Crippen molar-refractivity contribution in [3.8, 4) is 11.5 Å². The van der Waals surface area contributed by atoms with Crippen molar-refractivity contribution in [2.75, 3.05) is 51.2 Å². The Hall–Kier alpha value is -3.53. The van der Waals surface area contributed by atoms with E-state index in [4.69, 9.17) is 163 Å². The van der Waals surface area contributed by atoms with Gasteiger partial charge in [-0.2, -0.15) is 0 Å². The van der Waals surface area contributed by atoms with Gasteiger partial charge in [0.25, 0.3) is 11.1 Å². The quantitative estimate of drug-likeness (QED) is 0.0153. The van der Waals surface area contributed by atoms with Crippen LogP contribution >= 0.6 is 198 Å². The summed E-state index contributed by atoms with van der Waals surface area (Å²) < 4.78 is 30.2. The number of aliphatic hydroxyl groups excluding tert-OH is 1. The number of carbonyl (C=O) groups excluding carboxylic acids is 3. The first kappa shape index (κ1) is 103. The van der Waals surface area contributed by atoms with Crippen molar-refractivity contribution in [3.63, 3.8) is 0 Å². The summed E-state index contributed by atoms with van der Waals surface area (Å²) in [5.41, 5.74) is 5.23. The fraction of sp³-hybridized carbons (Fsp3) is 0.236. The average molecular weight is 1810 g/mol. The Balaban J connectivity index is -0.000000342. The molecule has 11 N–H and O–H groups in total. The number of carboxylic acid groups (broad SMARTS) is 2. The number of nitrogens with two attached hydrogens (primary N) is 1. The number of H-pyrrole nitrogens is 2. The molecule has 7 aromatic rings. The van der Waals surface area contributed by atoms with Crippen LogP contribution in [0.1, 0.15) is 100 Å². The van der Waals surface area contributed by atoms with E-state index in [1.807, 2.05) is 6.07 Å². The molecule has 538 valence electrons. The molecule has 0 atom stereocenters. The zero-order valence-corrected chi connectivity index (χ0v) is 66.0. The maximum Gasteiger partial charge on any atom is 1.00 e. The number of halogens is 16. The van der Waals surface area contributed by atoms with E-state index in [0.717, 1.165) is 60.1 Å². The topological polar surface area (TPSA) is 413 Å². The number of aromatic hydroxyl groups is 2. The van der Waals surface area contributed by atoms with Gasteiger partial charge in [0.1, 0.15) is 47.9 Å². The molecule has 0 amide bonds. The van der Waals surface area contributed by atoms with Crippen LogP contribution in [0.2, 0.25) is 55.6 Å². The minimum Gasteiger partial charge on any atom is -0.870 e. The second-order valence-electron chi connectivity index (χ2n) is 16.0. The van der Waals surface area contributed by atoms with Crippen LogP contribution in [-0.4, -0.2) is 126 Å². The molecule has 98 heavy (non-hydrogen) atoms. The van der Waals surface area contributed by atoms with Gasteiger partial charge in [-0.15, -0.1) is 0 Å². The Bertz CT molecular complexity index is 3870. The van der Waals surface area contributed by atoms with E-state index in [9.17, 15) is 43.2 Å². The molecule has 2 aromatic carbocycles. The fourth-order valence-corrected chi connectivity index (χ4v) is 8.58. The number of carboxylic acids is 2. The van der Waals surface area contributed by atoms with Crippen LogP contribution in [0.15, 0.2) is 92.0 Å². The Labute approximate surface area is 668 Å². The summed E-state index contributed by atoms with van der Waals surface area (Å²) in [5, 5.41) is 43.5. The number of rotatable bonds is 10. The second kappa shape index (κ2) is 54.2. The normalized spacial score (nSPS) is 10.2. The van der Waals surface area contributed by atoms with E-state index in [1.165, 1.54) is 19.0 Å². The Morgan fingerprint density at radius 1 is 0.592 bits per heavy atom. The van der Waals surface area contributed by atoms with Gasteiger partial charge in [-0.05, 0) is 104 Å². The van der Waals surface area contributed by atoms with E-state index < -0.39 is 56.9 Å². The summed E-state index contributed by atoms with van der Waals surface area (Å²) in [5.74, 6) is -5.25. The molecule has 1 fully saturated rings. The van der Waals surface area contributed by atoms with Crippen molar-refractivity contribution < 1.29 is 108 Å². The molecular formula is C55H57Br2Cl14N7NaO18P. The molecule has 0 radical (unpaired) electrons. The molecule has 1 aliphatic heterocycles. The minimum atomic E-state index is -3.22. The van der Waals surface area contributed by atoms with E-state index in [0.29, 0.717) is 21.4 Å². The average Bonchev–Trinajstić information content (AvgIpc) is 1.35. The van der Waals surface area contributed by atoms with Crippen molar-refractivity contribution in [1.82, 2.24) is 24.9 Å². The smallest absolute Gasteiger partial charge is 0.870 e. The van der Waals surface area contributed by atoms with Crippen LogP contribution in [-0.2, 0) is 23.5 Å². The number of hydrogen-bond donors (Lipinski definition) is 9. The van der Waals surface area contributed by atoms with Crippen molar-refractivity contribution >= 4 is 245 Å². The minimum absolute atomic E-state index is 0. The molecule has 25 nitrogen and oxygen atoms in total. The third-order valence-electron chi connectivity index (χ3n) is 9.65. The van der Waals surface area contributed by atoms with Gasteiger partial charge < -0.3 is 71.0 Å². The number of pyridine rings is 5. The molecule has 1 saturated heterocycles. The standard InChI is InChI=1S/C12H6BrCl3N2O2.C8H6Cl3NO2.C8H8ClNO4.C8H9NO4.C6H5BrClN.C6H2Cl3NO2.C4H8O.CH4O.2CH4.Cl3OP.Na.H2O/c13-5-1-2-8(7(14)3-5)18-10-6(12(19)20)4-17-11(16)9(10)15;1-2-14-8(13)4-3-12-7(11)6(10)5(4)9;1-2-14-8(13)4-3-10-7(12)5(9)6(4)11;1-2-13-8(12)5-4-9-7(11)3-6(5)10;7-4-1-2-6(9)5(8)3-4;7-3-2(6(11)12)1-10-5(9)4(3)8;1-2-4-5-3-1;1-2;;;1-5(2,3)4;;/h1-4H,(H,17,18)(H,19,20);3H,2H2,1H3;3H,2H2,1H3,(H2,10,11,12);3-4H,2H2,1H3,(H2,9,10,11);1-3H,9H2;1H,(H,11,12);1-4H2;2H,1H3;2*1H4;;;1H2/q;;;;;;;;;;;+1;/p-1. The summed E-state index contributed by atoms with van der Waals surface area (Å²) in [7, 11) is 1.00. The molecule has 6 heterocycles. The number of hydrogen-bond acceptors (Lipinski definition) is 21. The van der Waals surface area contributed by atoms with Crippen LogP contribution in [0.25, 0.3) is 0 Å². The second-order valence-corrected chi connectivity index (χ2v) is 28.7. The SMILES string of the molecule is C.C.C1CCOC1.CCOC(=O)c1c[nH]c(=O)c(Cl)c1O.CCOC(=O)c1c[nH]c(=O)cc1O.CCOC(=O)c1cnc(Cl)c(Cl)c1Cl.CO.Nc1ccc(Br)cc1Cl.O=C(O)c1cnc(Cl)c(Cl)c1Cl.O=C(O)c1cnc(Cl)c(Cl)c1Nc1ccc(Br)cc1Cl.O=P(Cl)(Cl)Cl.[Na+].[OH-]. The Morgan fingerprint density at radius 3 is 1.38 bits per heavy atom. The number of aromatic carboxylic acids is 2. The van der Waals surface area contributed by atoms with Gasteiger partial charge in [0.15, 0.2) is 5.75 Å². The number of aromatic amines is 2. The first-order valence-electron chi connectivity index (χ1n) is 24.9. The van der Waals surface area contributed by atoms with Crippen molar-refractivity contribution in [1.29, 1.82) is 0 Å². The molecule has 43 heteroatoms. The number of esters is 3. The number of aromatic nitrogens is 5. The zero-order chi connectivity index (χ0) is 72.3. The first-order chi connectivity index (χ1) is 43.9. The molecule has 0 spiro atoms. The van der Waals surface area contributed by atoms with Crippen molar-refractivity contribution in [3.05, 3.63) is 187 Å². The van der Waals surface area contributed by atoms with Gasteiger partial charge >= 0.3 is 64.6 Å². The Morgan fingerprint density at radius 2 is 0.980 bits per heavy atom. The summed E-state index contributed by atoms with van der Waals surface area (Å²) >= 11 is 83.0. The van der Waals surface area contributed by atoms with E-state index in [2.05, 4.69) is 105 Å². The number of nitrogens with one attached hydrogen (secondary N) is 3. The number of nitrogens with zero attached hydrogens (tertiary/aromatic N) is 3. The van der Waals surface area contributed by atoms with Gasteiger partial charge in [0.2, 0.25) is 0 Å². The maximum atomic E-state index is 11.3. The number of carbonyl (C=O) groups is 5.